The summed E-state index contributed by atoms with van der Waals surface area (Å²) >= 11 is 0. The Morgan fingerprint density at radius 1 is 0.614 bits per heavy atom. The molecule has 0 aliphatic heterocycles. The monoisotopic (exact) mass is 655 g/mol. The van der Waals surface area contributed by atoms with Gasteiger partial charge in [-0.1, -0.05) is 136 Å². The second kappa shape index (κ2) is 35.7. The second-order valence-corrected chi connectivity index (χ2v) is 12.0. The van der Waals surface area contributed by atoms with E-state index in [-0.39, 0.29) is 25.2 Å². The lowest BCUT2D eigenvalue weighted by atomic mass is 10.1. The highest BCUT2D eigenvalue weighted by atomic mass is 32.3. The SMILES string of the molecule is CCC(=O)O.CCCCCCCCCCCCOC(=O)CC[C@H](N)C(=O)OCCCCCCCCCCCC.O=S(=O)(O)O. The Balaban J connectivity index is -0.00000144. The zero-order valence-electron chi connectivity index (χ0n) is 27.9. The van der Waals surface area contributed by atoms with Gasteiger partial charge in [-0.3, -0.25) is 23.5 Å². The van der Waals surface area contributed by atoms with Crippen LogP contribution in [-0.4, -0.2) is 59.8 Å². The molecule has 0 bridgehead atoms. The van der Waals surface area contributed by atoms with Crippen molar-refractivity contribution in [3.8, 4) is 0 Å². The molecule has 0 aliphatic rings. The Morgan fingerprint density at radius 3 is 1.23 bits per heavy atom. The molecule has 1 atom stereocenters. The zero-order chi connectivity index (χ0) is 33.9. The number of hydrogen-bond donors (Lipinski definition) is 4. The van der Waals surface area contributed by atoms with E-state index in [9.17, 15) is 14.4 Å². The number of nitrogens with two attached hydrogens (primary N) is 1. The highest BCUT2D eigenvalue weighted by Gasteiger charge is 2.17. The maximum absolute atomic E-state index is 12.0. The van der Waals surface area contributed by atoms with E-state index in [2.05, 4.69) is 13.8 Å². The summed E-state index contributed by atoms with van der Waals surface area (Å²) in [6, 6.07) is -0.743. The van der Waals surface area contributed by atoms with E-state index in [0.29, 0.717) is 13.2 Å². The largest absolute Gasteiger partial charge is 0.481 e. The van der Waals surface area contributed by atoms with Crippen LogP contribution in [0.2, 0.25) is 0 Å². The summed E-state index contributed by atoms with van der Waals surface area (Å²) in [6.45, 7) is 6.98. The molecule has 0 saturated carbocycles. The first kappa shape index (κ1) is 46.7. The predicted molar refractivity (Wildman–Crippen MR) is 175 cm³/mol. The van der Waals surface area contributed by atoms with Crippen molar-refractivity contribution >= 4 is 28.3 Å². The minimum atomic E-state index is -4.67. The number of carboxylic acid groups (broad SMARTS) is 1. The molecule has 0 spiro atoms. The minimum Gasteiger partial charge on any atom is -0.481 e. The van der Waals surface area contributed by atoms with Gasteiger partial charge >= 0.3 is 28.3 Å². The fraction of sp³-hybridized carbons (Fsp3) is 0.906. The molecule has 0 rings (SSSR count). The number of esters is 2. The van der Waals surface area contributed by atoms with Crippen LogP contribution < -0.4 is 5.73 Å². The lowest BCUT2D eigenvalue weighted by molar-refractivity contribution is -0.147. The van der Waals surface area contributed by atoms with E-state index in [1.165, 1.54) is 103 Å². The third kappa shape index (κ3) is 49.9. The van der Waals surface area contributed by atoms with Gasteiger partial charge in [-0.25, -0.2) is 0 Å². The number of carbonyl (C=O) groups excluding carboxylic acids is 2. The average Bonchev–Trinajstić information content (AvgIpc) is 2.96. The van der Waals surface area contributed by atoms with Crippen molar-refractivity contribution in [1.82, 2.24) is 0 Å². The maximum atomic E-state index is 12.0. The quantitative estimate of drug-likeness (QED) is 0.0383. The van der Waals surface area contributed by atoms with Gasteiger partial charge in [0.1, 0.15) is 6.04 Å². The number of carbonyl (C=O) groups is 3. The van der Waals surface area contributed by atoms with Crippen LogP contribution in [0.5, 0.6) is 0 Å². The molecule has 12 heteroatoms. The molecule has 44 heavy (non-hydrogen) atoms. The van der Waals surface area contributed by atoms with Gasteiger partial charge in [-0.15, -0.1) is 0 Å². The molecule has 0 radical (unpaired) electrons. The number of hydrogen-bond acceptors (Lipinski definition) is 8. The van der Waals surface area contributed by atoms with Crippen LogP contribution in [0.1, 0.15) is 168 Å². The van der Waals surface area contributed by atoms with Gasteiger partial charge in [0.2, 0.25) is 0 Å². The lowest BCUT2D eigenvalue weighted by Gasteiger charge is -2.11. The van der Waals surface area contributed by atoms with Gasteiger partial charge in [0.15, 0.2) is 0 Å². The van der Waals surface area contributed by atoms with Gasteiger partial charge in [-0.05, 0) is 19.3 Å². The van der Waals surface area contributed by atoms with Crippen LogP contribution in [0.15, 0.2) is 0 Å². The van der Waals surface area contributed by atoms with Gasteiger partial charge in [0, 0.05) is 12.8 Å². The van der Waals surface area contributed by atoms with Crippen molar-refractivity contribution in [2.75, 3.05) is 13.2 Å². The Hall–Kier alpha value is -1.76. The Labute approximate surface area is 268 Å². The third-order valence-electron chi connectivity index (χ3n) is 6.77. The fourth-order valence-electron chi connectivity index (χ4n) is 4.11. The van der Waals surface area contributed by atoms with Gasteiger partial charge < -0.3 is 20.3 Å². The molecule has 0 amide bonds. The summed E-state index contributed by atoms with van der Waals surface area (Å²) in [5.74, 6) is -1.42. The summed E-state index contributed by atoms with van der Waals surface area (Å²) in [7, 11) is -4.67. The normalized spacial score (nSPS) is 11.4. The van der Waals surface area contributed by atoms with Gasteiger partial charge in [0.05, 0.1) is 13.2 Å². The van der Waals surface area contributed by atoms with Crippen molar-refractivity contribution in [2.24, 2.45) is 5.73 Å². The van der Waals surface area contributed by atoms with Gasteiger partial charge in [0.25, 0.3) is 0 Å². The Morgan fingerprint density at radius 2 is 0.909 bits per heavy atom. The van der Waals surface area contributed by atoms with E-state index in [1.807, 2.05) is 0 Å². The Kier molecular flexibility index (Phi) is 37.9. The van der Waals surface area contributed by atoms with E-state index < -0.39 is 28.4 Å². The molecule has 0 saturated heterocycles. The molecular formula is C32H65NO10S. The lowest BCUT2D eigenvalue weighted by Crippen LogP contribution is -2.33. The summed E-state index contributed by atoms with van der Waals surface area (Å²) in [6.07, 6.45) is 25.7. The molecule has 0 aromatic rings. The average molecular weight is 656 g/mol. The molecule has 0 unspecified atom stereocenters. The van der Waals surface area contributed by atoms with Crippen molar-refractivity contribution < 1.29 is 46.5 Å². The number of ether oxygens (including phenoxy) is 2. The summed E-state index contributed by atoms with van der Waals surface area (Å²) in [4.78, 5) is 33.2. The van der Waals surface area contributed by atoms with Crippen LogP contribution in [0.3, 0.4) is 0 Å². The van der Waals surface area contributed by atoms with Gasteiger partial charge in [-0.2, -0.15) is 8.42 Å². The van der Waals surface area contributed by atoms with E-state index >= 15 is 0 Å². The maximum Gasteiger partial charge on any atom is 0.394 e. The van der Waals surface area contributed by atoms with Crippen LogP contribution >= 0.6 is 0 Å². The smallest absolute Gasteiger partial charge is 0.394 e. The first-order valence-electron chi connectivity index (χ1n) is 16.9. The predicted octanol–water partition coefficient (Wildman–Crippen LogP) is 7.85. The summed E-state index contributed by atoms with van der Waals surface area (Å²) < 4.78 is 42.1. The van der Waals surface area contributed by atoms with Crippen molar-refractivity contribution in [3.63, 3.8) is 0 Å². The van der Waals surface area contributed by atoms with Crippen molar-refractivity contribution in [1.29, 1.82) is 0 Å². The molecule has 0 aliphatic carbocycles. The first-order valence-corrected chi connectivity index (χ1v) is 18.3. The highest BCUT2D eigenvalue weighted by molar-refractivity contribution is 7.79. The molecule has 11 nitrogen and oxygen atoms in total. The fourth-order valence-corrected chi connectivity index (χ4v) is 4.11. The number of carboxylic acids is 1. The van der Waals surface area contributed by atoms with E-state index in [4.69, 9.17) is 37.8 Å². The van der Waals surface area contributed by atoms with Crippen LogP contribution in [0, 0.1) is 0 Å². The second-order valence-electron chi connectivity index (χ2n) is 11.1. The van der Waals surface area contributed by atoms with Crippen LogP contribution in [0.25, 0.3) is 0 Å². The third-order valence-corrected chi connectivity index (χ3v) is 6.77. The van der Waals surface area contributed by atoms with Crippen LogP contribution in [0.4, 0.5) is 0 Å². The van der Waals surface area contributed by atoms with E-state index in [0.717, 1.165) is 25.7 Å². The highest BCUT2D eigenvalue weighted by Crippen LogP contribution is 2.12. The van der Waals surface area contributed by atoms with Crippen LogP contribution in [-0.2, 0) is 34.3 Å². The topological polar surface area (TPSA) is 191 Å². The molecule has 0 aromatic heterocycles. The van der Waals surface area contributed by atoms with Crippen molar-refractivity contribution in [2.45, 2.75) is 174 Å². The standard InChI is InChI=1S/C29H57NO4.C3H6O2.H2O4S/c1-3-5-7-9-11-13-15-17-19-21-25-33-28(31)24-23-27(30)29(32)34-26-22-20-18-16-14-12-10-8-6-4-2;1-2-3(4)5;1-5(2,3)4/h27H,3-26,30H2,1-2H3;2H2,1H3,(H,4,5);(H2,1,2,3,4)/t27-;;/m0../s1. The molecular weight excluding hydrogens is 590 g/mol. The Bertz CT molecular complexity index is 754. The zero-order valence-corrected chi connectivity index (χ0v) is 28.8. The molecule has 264 valence electrons. The number of aliphatic carboxylic acids is 1. The summed E-state index contributed by atoms with van der Waals surface area (Å²) in [5, 5.41) is 7.72. The molecule has 0 aromatic carbocycles. The van der Waals surface area contributed by atoms with Crippen molar-refractivity contribution in [3.05, 3.63) is 0 Å². The summed E-state index contributed by atoms with van der Waals surface area (Å²) in [5.41, 5.74) is 5.87. The van der Waals surface area contributed by atoms with E-state index in [1.54, 1.807) is 6.92 Å². The number of unbranched alkanes of at least 4 members (excludes halogenated alkanes) is 18. The minimum absolute atomic E-state index is 0.173. The first-order chi connectivity index (χ1) is 20.9. The molecule has 5 N–H and O–H groups in total. The molecule has 0 fully saturated rings. The molecule has 0 heterocycles. The number of rotatable bonds is 27.